The third kappa shape index (κ3) is 5.04. The zero-order valence-electron chi connectivity index (χ0n) is 17.3. The van der Waals surface area contributed by atoms with Crippen LogP contribution >= 0.6 is 34.4 Å². The Balaban J connectivity index is 2.12. The van der Waals surface area contributed by atoms with Gasteiger partial charge in [0.05, 0.1) is 7.11 Å². The molecule has 3 aromatic rings. The largest absolute Gasteiger partial charge is 0.497 e. The van der Waals surface area contributed by atoms with E-state index >= 15 is 0 Å². The lowest BCUT2D eigenvalue weighted by molar-refractivity contribution is 0.0254. The summed E-state index contributed by atoms with van der Waals surface area (Å²) in [6.45, 7) is 10.5. The lowest BCUT2D eigenvalue weighted by atomic mass is 10.3. The summed E-state index contributed by atoms with van der Waals surface area (Å²) in [5.74, 6) is 1.14. The molecular formula is C19H24IN5O2SSi. The molecule has 0 aliphatic heterocycles. The third-order valence-electron chi connectivity index (χ3n) is 3.93. The first-order chi connectivity index (χ1) is 13.5. The van der Waals surface area contributed by atoms with E-state index in [1.165, 1.54) is 18.1 Å². The summed E-state index contributed by atoms with van der Waals surface area (Å²) in [6.07, 6.45) is 1.46. The lowest BCUT2D eigenvalue weighted by Gasteiger charge is -2.31. The van der Waals surface area contributed by atoms with E-state index < -0.39 is 5.72 Å². The van der Waals surface area contributed by atoms with Crippen LogP contribution in [0.25, 0.3) is 11.2 Å². The number of nitrogens with two attached hydrogens (primary N) is 1. The van der Waals surface area contributed by atoms with E-state index in [2.05, 4.69) is 53.3 Å². The number of benzene rings is 1. The number of nitrogen functional groups attached to an aromatic ring is 1. The van der Waals surface area contributed by atoms with Gasteiger partial charge in [0, 0.05) is 8.47 Å². The number of fused-ring (bicyclic) bond motifs is 1. The van der Waals surface area contributed by atoms with Gasteiger partial charge in [-0.15, -0.1) is 0 Å². The van der Waals surface area contributed by atoms with Crippen molar-refractivity contribution >= 4 is 61.1 Å². The van der Waals surface area contributed by atoms with Crippen LogP contribution in [0.3, 0.4) is 0 Å². The molecule has 1 aromatic carbocycles. The van der Waals surface area contributed by atoms with Gasteiger partial charge in [0.2, 0.25) is 9.76 Å². The summed E-state index contributed by atoms with van der Waals surface area (Å²) >= 11 is 3.84. The second kappa shape index (κ2) is 8.40. The number of hydrogen-bond donors (Lipinski definition) is 1. The number of methoxy groups -OCH3 is 1. The van der Waals surface area contributed by atoms with Gasteiger partial charge >= 0.3 is 0 Å². The van der Waals surface area contributed by atoms with E-state index in [9.17, 15) is 0 Å². The van der Waals surface area contributed by atoms with Crippen LogP contribution in [0.1, 0.15) is 34.6 Å². The predicted octanol–water partition coefficient (Wildman–Crippen LogP) is 4.72. The van der Waals surface area contributed by atoms with Crippen molar-refractivity contribution in [1.29, 1.82) is 0 Å². The second-order valence-corrected chi connectivity index (χ2v) is 12.0. The summed E-state index contributed by atoms with van der Waals surface area (Å²) < 4.78 is 14.8. The number of hydrogen-bond acceptors (Lipinski definition) is 7. The fraction of sp³-hybridized carbons (Fsp3) is 0.421. The summed E-state index contributed by atoms with van der Waals surface area (Å²) in [5, 5.41) is 0.791. The maximum atomic E-state index is 6.35. The Kier molecular flexibility index (Phi) is 6.46. The van der Waals surface area contributed by atoms with Crippen molar-refractivity contribution in [1.82, 2.24) is 19.5 Å². The molecule has 154 valence electrons. The average Bonchev–Trinajstić information content (AvgIpc) is 3.02. The van der Waals surface area contributed by atoms with Crippen molar-refractivity contribution in [2.75, 3.05) is 12.8 Å². The minimum atomic E-state index is -0.673. The molecule has 2 aromatic heterocycles. The molecule has 10 heteroatoms. The Labute approximate surface area is 191 Å². The van der Waals surface area contributed by atoms with E-state index in [4.69, 9.17) is 19.9 Å². The van der Waals surface area contributed by atoms with Crippen LogP contribution in [0.2, 0.25) is 5.04 Å². The fourth-order valence-corrected chi connectivity index (χ4v) is 4.94. The van der Waals surface area contributed by atoms with Crippen molar-refractivity contribution in [3.8, 4) is 5.75 Å². The fourth-order valence-electron chi connectivity index (χ4n) is 2.55. The highest BCUT2D eigenvalue weighted by atomic mass is 127. The zero-order valence-corrected chi connectivity index (χ0v) is 21.3. The zero-order chi connectivity index (χ0) is 21.4. The van der Waals surface area contributed by atoms with E-state index in [1.807, 2.05) is 36.6 Å². The summed E-state index contributed by atoms with van der Waals surface area (Å²) in [7, 11) is 1.96. The van der Waals surface area contributed by atoms with Gasteiger partial charge in [0.25, 0.3) is 0 Å². The lowest BCUT2D eigenvalue weighted by Crippen LogP contribution is -2.34. The molecule has 2 radical (unpaired) electrons. The van der Waals surface area contributed by atoms with Crippen LogP contribution in [0.5, 0.6) is 5.75 Å². The first-order valence-electron chi connectivity index (χ1n) is 8.98. The number of rotatable bonds is 6. The molecule has 29 heavy (non-hydrogen) atoms. The number of halogens is 1. The van der Waals surface area contributed by atoms with Crippen LogP contribution in [0, 0.1) is 3.57 Å². The first kappa shape index (κ1) is 22.3. The number of nitrogens with zero attached hydrogens (tertiary/aromatic N) is 4. The normalized spacial score (nSPS) is 12.5. The van der Waals surface area contributed by atoms with Crippen LogP contribution in [-0.2, 0) is 10.2 Å². The molecule has 0 fully saturated rings. The highest BCUT2D eigenvalue weighted by Gasteiger charge is 2.31. The van der Waals surface area contributed by atoms with E-state index in [-0.39, 0.29) is 5.04 Å². The molecule has 0 bridgehead atoms. The van der Waals surface area contributed by atoms with Crippen molar-refractivity contribution in [3.63, 3.8) is 0 Å². The van der Waals surface area contributed by atoms with E-state index in [0.717, 1.165) is 19.4 Å². The molecule has 0 unspecified atom stereocenters. The molecule has 0 aliphatic rings. The molecule has 0 spiro atoms. The average molecular weight is 541 g/mol. The third-order valence-corrected chi connectivity index (χ3v) is 7.46. The van der Waals surface area contributed by atoms with Gasteiger partial charge < -0.3 is 14.9 Å². The number of ether oxygens (including phenoxy) is 1. The van der Waals surface area contributed by atoms with Crippen molar-refractivity contribution in [2.24, 2.45) is 0 Å². The molecular weight excluding hydrogens is 517 g/mol. The minimum Gasteiger partial charge on any atom is -0.497 e. The van der Waals surface area contributed by atoms with Crippen molar-refractivity contribution in [2.45, 2.75) is 55.4 Å². The molecule has 0 aliphatic carbocycles. The maximum Gasteiger partial charge on any atom is 0.239 e. The van der Waals surface area contributed by atoms with Gasteiger partial charge in [-0.05, 0) is 59.7 Å². The van der Waals surface area contributed by atoms with Crippen LogP contribution in [-0.4, -0.2) is 36.4 Å². The highest BCUT2D eigenvalue weighted by molar-refractivity contribution is 14.1. The number of imidazole rings is 1. The molecule has 2 N–H and O–H groups in total. The second-order valence-electron chi connectivity index (χ2n) is 7.96. The summed E-state index contributed by atoms with van der Waals surface area (Å²) in [6, 6.07) is 5.96. The number of aromatic nitrogens is 4. The summed E-state index contributed by atoms with van der Waals surface area (Å²) in [4.78, 5) is 14.4. The molecule has 7 nitrogen and oxygen atoms in total. The van der Waals surface area contributed by atoms with E-state index in [1.54, 1.807) is 7.11 Å². The number of anilines is 1. The Morgan fingerprint density at radius 3 is 2.55 bits per heavy atom. The standard InChI is InChI=1S/C19H24IN5O2SSi/c1-18(2,3)29-27-19(4,5)25-16-14(15(21)22-10-23-16)24-17(25)28-13-9-11(26-6)7-8-12(13)20/h7-10H,1-6H3,(H2,21,22,23). The summed E-state index contributed by atoms with van der Waals surface area (Å²) in [5.41, 5.74) is 6.65. The Morgan fingerprint density at radius 1 is 1.17 bits per heavy atom. The highest BCUT2D eigenvalue weighted by Crippen LogP contribution is 2.39. The van der Waals surface area contributed by atoms with Crippen LogP contribution < -0.4 is 10.5 Å². The smallest absolute Gasteiger partial charge is 0.239 e. The Morgan fingerprint density at radius 2 is 1.90 bits per heavy atom. The van der Waals surface area contributed by atoms with Crippen molar-refractivity contribution in [3.05, 3.63) is 28.1 Å². The first-order valence-corrected chi connectivity index (χ1v) is 11.8. The van der Waals surface area contributed by atoms with Gasteiger partial charge in [0.15, 0.2) is 22.1 Å². The van der Waals surface area contributed by atoms with Gasteiger partial charge in [0.1, 0.15) is 17.8 Å². The van der Waals surface area contributed by atoms with Gasteiger partial charge in [-0.3, -0.25) is 4.57 Å². The Bertz CT molecular complexity index is 1040. The SMILES string of the molecule is COc1ccc(I)c(Sc2nc3c(N)ncnc3n2C(C)(C)O[Si]C(C)(C)C)c1. The predicted molar refractivity (Wildman–Crippen MR) is 125 cm³/mol. The quantitative estimate of drug-likeness (QED) is 0.357. The van der Waals surface area contributed by atoms with E-state index in [0.29, 0.717) is 26.7 Å². The molecule has 0 amide bonds. The van der Waals surface area contributed by atoms with Gasteiger partial charge in [-0.1, -0.05) is 32.5 Å². The molecule has 3 rings (SSSR count). The maximum absolute atomic E-state index is 6.35. The molecule has 0 saturated heterocycles. The molecule has 2 heterocycles. The van der Waals surface area contributed by atoms with Crippen LogP contribution in [0.4, 0.5) is 5.82 Å². The topological polar surface area (TPSA) is 88.1 Å². The van der Waals surface area contributed by atoms with Crippen LogP contribution in [0.15, 0.2) is 34.6 Å². The minimum absolute atomic E-state index is 0.0527. The van der Waals surface area contributed by atoms with Gasteiger partial charge in [-0.2, -0.15) is 0 Å². The molecule has 0 saturated carbocycles. The Hall–Kier alpha value is -1.37. The van der Waals surface area contributed by atoms with Crippen molar-refractivity contribution < 1.29 is 9.16 Å². The monoisotopic (exact) mass is 541 g/mol. The van der Waals surface area contributed by atoms with Gasteiger partial charge in [-0.25, -0.2) is 15.0 Å². The molecule has 0 atom stereocenters.